The van der Waals surface area contributed by atoms with Crippen molar-refractivity contribution in [1.82, 2.24) is 5.32 Å². The molecule has 8 nitrogen and oxygen atoms in total. The van der Waals surface area contributed by atoms with E-state index in [4.69, 9.17) is 19.3 Å². The molecule has 0 bridgehead atoms. The molecule has 0 radical (unpaired) electrons. The number of benzene rings is 1. The van der Waals surface area contributed by atoms with Crippen LogP contribution in [0.15, 0.2) is 18.2 Å². The number of amides is 2. The molecule has 0 aliphatic carbocycles. The lowest BCUT2D eigenvalue weighted by molar-refractivity contribution is -0.140. The Morgan fingerprint density at radius 2 is 1.95 bits per heavy atom. The molecule has 0 aliphatic heterocycles. The molecule has 1 aromatic carbocycles. The van der Waals surface area contributed by atoms with Gasteiger partial charge >= 0.3 is 12.0 Å². The summed E-state index contributed by atoms with van der Waals surface area (Å²) in [6, 6.07) is 3.01. The summed E-state index contributed by atoms with van der Waals surface area (Å²) in [6.07, 6.45) is 0. The zero-order chi connectivity index (χ0) is 15.8. The predicted molar refractivity (Wildman–Crippen MR) is 75.0 cm³/mol. The summed E-state index contributed by atoms with van der Waals surface area (Å²) in [7, 11) is 4.31. The van der Waals surface area contributed by atoms with Gasteiger partial charge in [-0.05, 0) is 12.1 Å². The number of hydrogen-bond acceptors (Lipinski definition) is 5. The van der Waals surface area contributed by atoms with Crippen molar-refractivity contribution < 1.29 is 28.9 Å². The molecule has 8 heteroatoms. The number of anilines is 1. The van der Waals surface area contributed by atoms with Crippen LogP contribution in [0.1, 0.15) is 0 Å². The summed E-state index contributed by atoms with van der Waals surface area (Å²) in [6.45, 7) is -0.136. The molecule has 0 heterocycles. The van der Waals surface area contributed by atoms with E-state index in [0.717, 1.165) is 0 Å². The number of aliphatic carboxylic acids is 1. The second-order valence-corrected chi connectivity index (χ2v) is 4.01. The van der Waals surface area contributed by atoms with E-state index >= 15 is 0 Å². The quantitative estimate of drug-likeness (QED) is 0.691. The SMILES string of the molecule is COCC(NC(=O)Nc1ccc(OC)cc1OC)C(=O)O. The van der Waals surface area contributed by atoms with Crippen molar-refractivity contribution in [2.75, 3.05) is 33.3 Å². The van der Waals surface area contributed by atoms with Gasteiger partial charge in [-0.2, -0.15) is 0 Å². The summed E-state index contributed by atoms with van der Waals surface area (Å²) in [5.41, 5.74) is 0.386. The van der Waals surface area contributed by atoms with Crippen LogP contribution in [0.4, 0.5) is 10.5 Å². The zero-order valence-electron chi connectivity index (χ0n) is 12.0. The van der Waals surface area contributed by atoms with E-state index < -0.39 is 18.0 Å². The molecule has 1 atom stereocenters. The van der Waals surface area contributed by atoms with Gasteiger partial charge in [0.15, 0.2) is 6.04 Å². The van der Waals surface area contributed by atoms with Gasteiger partial charge in [-0.1, -0.05) is 0 Å². The van der Waals surface area contributed by atoms with Gasteiger partial charge in [0, 0.05) is 13.2 Å². The van der Waals surface area contributed by atoms with Gasteiger partial charge in [-0.3, -0.25) is 0 Å². The first kappa shape index (κ1) is 16.6. The highest BCUT2D eigenvalue weighted by Crippen LogP contribution is 2.28. The fraction of sp³-hybridized carbons (Fsp3) is 0.385. The minimum atomic E-state index is -1.19. The van der Waals surface area contributed by atoms with Crippen molar-refractivity contribution in [2.24, 2.45) is 0 Å². The van der Waals surface area contributed by atoms with Crippen molar-refractivity contribution >= 4 is 17.7 Å². The maximum absolute atomic E-state index is 11.8. The fourth-order valence-electron chi connectivity index (χ4n) is 1.56. The standard InChI is InChI=1S/C13H18N2O6/c1-19-7-10(12(16)17)15-13(18)14-9-5-4-8(20-2)6-11(9)21-3/h4-6,10H,7H2,1-3H3,(H,16,17)(H2,14,15,18). The molecule has 1 aromatic rings. The van der Waals surface area contributed by atoms with E-state index in [1.807, 2.05) is 0 Å². The Hall–Kier alpha value is -2.48. The van der Waals surface area contributed by atoms with Crippen LogP contribution in [0.25, 0.3) is 0 Å². The maximum Gasteiger partial charge on any atom is 0.328 e. The third-order valence-corrected chi connectivity index (χ3v) is 2.59. The van der Waals surface area contributed by atoms with Gasteiger partial charge in [0.25, 0.3) is 0 Å². The van der Waals surface area contributed by atoms with E-state index in [1.165, 1.54) is 21.3 Å². The Balaban J connectivity index is 2.76. The van der Waals surface area contributed by atoms with E-state index in [-0.39, 0.29) is 6.61 Å². The molecule has 21 heavy (non-hydrogen) atoms. The minimum absolute atomic E-state index is 0.136. The van der Waals surface area contributed by atoms with Crippen LogP contribution in [0.3, 0.4) is 0 Å². The van der Waals surface area contributed by atoms with Crippen LogP contribution in [-0.2, 0) is 9.53 Å². The van der Waals surface area contributed by atoms with Crippen molar-refractivity contribution in [3.63, 3.8) is 0 Å². The van der Waals surface area contributed by atoms with E-state index in [0.29, 0.717) is 17.2 Å². The molecule has 0 spiro atoms. The zero-order valence-corrected chi connectivity index (χ0v) is 12.0. The number of hydrogen-bond donors (Lipinski definition) is 3. The predicted octanol–water partition coefficient (Wildman–Crippen LogP) is 0.925. The molecule has 1 unspecified atom stereocenters. The Bertz CT molecular complexity index is 505. The molecular weight excluding hydrogens is 280 g/mol. The summed E-state index contributed by atoms with van der Waals surface area (Å²) in [4.78, 5) is 22.7. The molecule has 3 N–H and O–H groups in total. The first-order valence-corrected chi connectivity index (χ1v) is 6.03. The van der Waals surface area contributed by atoms with Gasteiger partial charge in [0.2, 0.25) is 0 Å². The number of carbonyl (C=O) groups is 2. The lowest BCUT2D eigenvalue weighted by Gasteiger charge is -2.16. The number of carboxylic acids is 1. The van der Waals surface area contributed by atoms with Crippen molar-refractivity contribution in [2.45, 2.75) is 6.04 Å². The molecule has 2 amide bonds. The Morgan fingerprint density at radius 1 is 1.24 bits per heavy atom. The van der Waals surface area contributed by atoms with Crippen molar-refractivity contribution in [3.05, 3.63) is 18.2 Å². The highest BCUT2D eigenvalue weighted by Gasteiger charge is 2.20. The number of methoxy groups -OCH3 is 3. The van der Waals surface area contributed by atoms with E-state index in [9.17, 15) is 9.59 Å². The molecule has 0 fully saturated rings. The monoisotopic (exact) mass is 298 g/mol. The van der Waals surface area contributed by atoms with Gasteiger partial charge in [-0.15, -0.1) is 0 Å². The van der Waals surface area contributed by atoms with Gasteiger partial charge in [0.05, 0.1) is 26.5 Å². The fourth-order valence-corrected chi connectivity index (χ4v) is 1.56. The van der Waals surface area contributed by atoms with Crippen LogP contribution in [0.2, 0.25) is 0 Å². The van der Waals surface area contributed by atoms with E-state index in [2.05, 4.69) is 10.6 Å². The number of carbonyl (C=O) groups excluding carboxylic acids is 1. The van der Waals surface area contributed by atoms with E-state index in [1.54, 1.807) is 18.2 Å². The average Bonchev–Trinajstić information content (AvgIpc) is 2.47. The first-order valence-electron chi connectivity index (χ1n) is 6.03. The van der Waals surface area contributed by atoms with Gasteiger partial charge in [0.1, 0.15) is 11.5 Å². The van der Waals surface area contributed by atoms with Crippen LogP contribution >= 0.6 is 0 Å². The first-order chi connectivity index (χ1) is 10.0. The van der Waals surface area contributed by atoms with Crippen LogP contribution < -0.4 is 20.1 Å². The third-order valence-electron chi connectivity index (χ3n) is 2.59. The lowest BCUT2D eigenvalue weighted by Crippen LogP contribution is -2.45. The third kappa shape index (κ3) is 4.84. The molecular formula is C13H18N2O6. The molecule has 0 saturated heterocycles. The highest BCUT2D eigenvalue weighted by molar-refractivity contribution is 5.93. The summed E-state index contributed by atoms with van der Waals surface area (Å²) in [5, 5.41) is 13.7. The normalized spacial score (nSPS) is 11.4. The molecule has 0 aromatic heterocycles. The smallest absolute Gasteiger partial charge is 0.328 e. The number of rotatable bonds is 7. The van der Waals surface area contributed by atoms with Crippen LogP contribution in [0.5, 0.6) is 11.5 Å². The molecule has 0 saturated carbocycles. The largest absolute Gasteiger partial charge is 0.497 e. The van der Waals surface area contributed by atoms with Crippen molar-refractivity contribution in [3.8, 4) is 11.5 Å². The Labute approximate surface area is 122 Å². The average molecular weight is 298 g/mol. The molecule has 116 valence electrons. The minimum Gasteiger partial charge on any atom is -0.497 e. The Morgan fingerprint density at radius 3 is 2.48 bits per heavy atom. The topological polar surface area (TPSA) is 106 Å². The number of ether oxygens (including phenoxy) is 3. The molecule has 0 aliphatic rings. The number of nitrogens with one attached hydrogen (secondary N) is 2. The van der Waals surface area contributed by atoms with Gasteiger partial charge < -0.3 is 30.0 Å². The number of urea groups is 1. The molecule has 1 rings (SSSR count). The summed E-state index contributed by atoms with van der Waals surface area (Å²) in [5.74, 6) is -0.225. The van der Waals surface area contributed by atoms with Gasteiger partial charge in [-0.25, -0.2) is 9.59 Å². The second-order valence-electron chi connectivity index (χ2n) is 4.01. The van der Waals surface area contributed by atoms with Crippen LogP contribution in [-0.4, -0.2) is 51.1 Å². The van der Waals surface area contributed by atoms with Crippen molar-refractivity contribution in [1.29, 1.82) is 0 Å². The highest BCUT2D eigenvalue weighted by atomic mass is 16.5. The number of carboxylic acid groups (broad SMARTS) is 1. The lowest BCUT2D eigenvalue weighted by atomic mass is 10.2. The summed E-state index contributed by atoms with van der Waals surface area (Å²) >= 11 is 0. The maximum atomic E-state index is 11.8. The summed E-state index contributed by atoms with van der Waals surface area (Å²) < 4.78 is 14.9. The Kier molecular flexibility index (Phi) is 6.28. The van der Waals surface area contributed by atoms with Crippen LogP contribution in [0, 0.1) is 0 Å². The second kappa shape index (κ2) is 7.95.